The van der Waals surface area contributed by atoms with E-state index in [2.05, 4.69) is 5.32 Å². The molecule has 0 unspecified atom stereocenters. The maximum absolute atomic E-state index is 11.3. The second-order valence-electron chi connectivity index (χ2n) is 3.27. The summed E-state index contributed by atoms with van der Waals surface area (Å²) in [5, 5.41) is 11.9. The summed E-state index contributed by atoms with van der Waals surface area (Å²) in [5.41, 5.74) is 5.31. The van der Waals surface area contributed by atoms with Crippen molar-refractivity contribution < 1.29 is 9.90 Å². The highest BCUT2D eigenvalue weighted by molar-refractivity contribution is 8.00. The lowest BCUT2D eigenvalue weighted by atomic mass is 10.3. The highest BCUT2D eigenvalue weighted by Gasteiger charge is 2.01. The maximum atomic E-state index is 11.3. The van der Waals surface area contributed by atoms with Gasteiger partial charge in [0.1, 0.15) is 5.75 Å². The van der Waals surface area contributed by atoms with E-state index in [-0.39, 0.29) is 11.7 Å². The van der Waals surface area contributed by atoms with Crippen LogP contribution in [-0.2, 0) is 4.79 Å². The summed E-state index contributed by atoms with van der Waals surface area (Å²) in [6.07, 6.45) is 0.801. The van der Waals surface area contributed by atoms with Crippen LogP contribution in [0.15, 0.2) is 29.2 Å². The summed E-state index contributed by atoms with van der Waals surface area (Å²) < 4.78 is 0. The van der Waals surface area contributed by atoms with Gasteiger partial charge in [0, 0.05) is 11.4 Å². The Balaban J connectivity index is 2.23. The van der Waals surface area contributed by atoms with Crippen LogP contribution in [-0.4, -0.2) is 29.9 Å². The van der Waals surface area contributed by atoms with Crippen LogP contribution in [0.4, 0.5) is 0 Å². The number of nitrogens with one attached hydrogen (secondary N) is 1. The number of hydrogen-bond acceptors (Lipinski definition) is 4. The van der Waals surface area contributed by atoms with Crippen molar-refractivity contribution in [3.05, 3.63) is 24.3 Å². The summed E-state index contributed by atoms with van der Waals surface area (Å²) in [6, 6.07) is 6.78. The number of nitrogens with two attached hydrogens (primary N) is 1. The summed E-state index contributed by atoms with van der Waals surface area (Å²) in [6.45, 7) is 1.22. The number of amides is 1. The molecule has 1 rings (SSSR count). The van der Waals surface area contributed by atoms with Crippen LogP contribution in [0, 0.1) is 0 Å². The van der Waals surface area contributed by atoms with Crippen LogP contribution >= 0.6 is 11.8 Å². The van der Waals surface area contributed by atoms with Crippen molar-refractivity contribution >= 4 is 17.7 Å². The largest absolute Gasteiger partial charge is 0.508 e. The Labute approximate surface area is 99.2 Å². The zero-order valence-corrected chi connectivity index (χ0v) is 9.80. The van der Waals surface area contributed by atoms with E-state index in [9.17, 15) is 4.79 Å². The lowest BCUT2D eigenvalue weighted by Gasteiger charge is -2.04. The minimum atomic E-state index is 0.00604. The Kier molecular flexibility index (Phi) is 5.74. The van der Waals surface area contributed by atoms with E-state index in [0.717, 1.165) is 11.3 Å². The minimum absolute atomic E-state index is 0.00604. The van der Waals surface area contributed by atoms with Gasteiger partial charge in [-0.3, -0.25) is 4.79 Å². The molecule has 16 heavy (non-hydrogen) atoms. The molecule has 0 fully saturated rings. The molecule has 1 aromatic rings. The third-order valence-electron chi connectivity index (χ3n) is 1.91. The van der Waals surface area contributed by atoms with Gasteiger partial charge < -0.3 is 16.2 Å². The molecule has 0 saturated heterocycles. The van der Waals surface area contributed by atoms with Crippen LogP contribution in [0.5, 0.6) is 5.75 Å². The number of aromatic hydroxyl groups is 1. The van der Waals surface area contributed by atoms with E-state index in [1.807, 2.05) is 0 Å². The van der Waals surface area contributed by atoms with Crippen LogP contribution in [0.25, 0.3) is 0 Å². The van der Waals surface area contributed by atoms with Gasteiger partial charge in [-0.05, 0) is 37.2 Å². The van der Waals surface area contributed by atoms with Crippen LogP contribution in [0.1, 0.15) is 6.42 Å². The topological polar surface area (TPSA) is 75.3 Å². The summed E-state index contributed by atoms with van der Waals surface area (Å²) in [5.74, 6) is 0.623. The molecule has 0 aromatic heterocycles. The lowest BCUT2D eigenvalue weighted by molar-refractivity contribution is -0.118. The third kappa shape index (κ3) is 5.04. The Morgan fingerprint density at radius 2 is 2.06 bits per heavy atom. The first-order chi connectivity index (χ1) is 7.72. The second-order valence-corrected chi connectivity index (χ2v) is 4.32. The molecule has 0 atom stereocenters. The number of hydrogen-bond donors (Lipinski definition) is 3. The summed E-state index contributed by atoms with van der Waals surface area (Å²) in [4.78, 5) is 12.3. The fourth-order valence-electron chi connectivity index (χ4n) is 1.07. The van der Waals surface area contributed by atoms with Gasteiger partial charge >= 0.3 is 0 Å². The van der Waals surface area contributed by atoms with Gasteiger partial charge in [0.25, 0.3) is 0 Å². The SMILES string of the molecule is NCCCNC(=O)CSc1ccc(O)cc1. The van der Waals surface area contributed by atoms with Gasteiger partial charge in [0.15, 0.2) is 0 Å². The predicted molar refractivity (Wildman–Crippen MR) is 65.5 cm³/mol. The second kappa shape index (κ2) is 7.14. The molecule has 5 heteroatoms. The van der Waals surface area contributed by atoms with Gasteiger partial charge in [-0.25, -0.2) is 0 Å². The minimum Gasteiger partial charge on any atom is -0.508 e. The van der Waals surface area contributed by atoms with Gasteiger partial charge in [-0.1, -0.05) is 0 Å². The number of carbonyl (C=O) groups is 1. The van der Waals surface area contributed by atoms with Crippen molar-refractivity contribution in [2.75, 3.05) is 18.8 Å². The highest BCUT2D eigenvalue weighted by Crippen LogP contribution is 2.20. The van der Waals surface area contributed by atoms with E-state index in [4.69, 9.17) is 10.8 Å². The number of phenolic OH excluding ortho intramolecular Hbond substituents is 1. The van der Waals surface area contributed by atoms with Crippen LogP contribution in [0.2, 0.25) is 0 Å². The average Bonchev–Trinajstić information content (AvgIpc) is 2.29. The van der Waals surface area contributed by atoms with Crippen molar-refractivity contribution in [3.8, 4) is 5.75 Å². The van der Waals surface area contributed by atoms with Crippen LogP contribution < -0.4 is 11.1 Å². The zero-order valence-electron chi connectivity index (χ0n) is 8.98. The molecule has 1 aromatic carbocycles. The molecule has 4 N–H and O–H groups in total. The molecular formula is C11H16N2O2S. The molecule has 4 nitrogen and oxygen atoms in total. The lowest BCUT2D eigenvalue weighted by Crippen LogP contribution is -2.27. The van der Waals surface area contributed by atoms with Crippen LogP contribution in [0.3, 0.4) is 0 Å². The maximum Gasteiger partial charge on any atom is 0.230 e. The van der Waals surface area contributed by atoms with E-state index in [1.165, 1.54) is 11.8 Å². The first kappa shape index (κ1) is 12.9. The van der Waals surface area contributed by atoms with E-state index in [1.54, 1.807) is 24.3 Å². The quantitative estimate of drug-likeness (QED) is 0.511. The van der Waals surface area contributed by atoms with E-state index >= 15 is 0 Å². The Morgan fingerprint density at radius 3 is 2.69 bits per heavy atom. The number of phenols is 1. The normalized spacial score (nSPS) is 10.1. The Morgan fingerprint density at radius 1 is 1.38 bits per heavy atom. The monoisotopic (exact) mass is 240 g/mol. The van der Waals surface area contributed by atoms with Gasteiger partial charge in [-0.15, -0.1) is 11.8 Å². The molecule has 88 valence electrons. The fraction of sp³-hybridized carbons (Fsp3) is 0.364. The van der Waals surface area contributed by atoms with Crippen molar-refractivity contribution in [2.45, 2.75) is 11.3 Å². The van der Waals surface area contributed by atoms with Crippen molar-refractivity contribution in [1.29, 1.82) is 0 Å². The number of benzene rings is 1. The highest BCUT2D eigenvalue weighted by atomic mass is 32.2. The number of carbonyl (C=O) groups excluding carboxylic acids is 1. The third-order valence-corrected chi connectivity index (χ3v) is 2.92. The Bertz CT molecular complexity index is 327. The first-order valence-electron chi connectivity index (χ1n) is 5.11. The van der Waals surface area contributed by atoms with Crippen molar-refractivity contribution in [1.82, 2.24) is 5.32 Å². The van der Waals surface area contributed by atoms with Gasteiger partial charge in [0.05, 0.1) is 5.75 Å². The molecule has 0 aliphatic rings. The zero-order chi connectivity index (χ0) is 11.8. The summed E-state index contributed by atoms with van der Waals surface area (Å²) in [7, 11) is 0. The number of thioether (sulfide) groups is 1. The molecule has 0 spiro atoms. The fourth-order valence-corrected chi connectivity index (χ4v) is 1.80. The molecule has 0 aliphatic carbocycles. The molecule has 0 aliphatic heterocycles. The van der Waals surface area contributed by atoms with Gasteiger partial charge in [-0.2, -0.15) is 0 Å². The molecule has 0 bridgehead atoms. The molecule has 0 saturated carbocycles. The standard InChI is InChI=1S/C11H16N2O2S/c12-6-1-7-13-11(15)8-16-10-4-2-9(14)3-5-10/h2-5,14H,1,6-8,12H2,(H,13,15). The average molecular weight is 240 g/mol. The smallest absolute Gasteiger partial charge is 0.230 e. The van der Waals surface area contributed by atoms with Gasteiger partial charge in [0.2, 0.25) is 5.91 Å². The Hall–Kier alpha value is -1.20. The van der Waals surface area contributed by atoms with E-state index < -0.39 is 0 Å². The summed E-state index contributed by atoms with van der Waals surface area (Å²) >= 11 is 1.44. The van der Waals surface area contributed by atoms with Crippen molar-refractivity contribution in [2.24, 2.45) is 5.73 Å². The molecule has 0 radical (unpaired) electrons. The predicted octanol–water partition coefficient (Wildman–Crippen LogP) is 0.949. The molecule has 0 heterocycles. The molecular weight excluding hydrogens is 224 g/mol. The number of rotatable bonds is 6. The van der Waals surface area contributed by atoms with Crippen molar-refractivity contribution in [3.63, 3.8) is 0 Å². The molecule has 1 amide bonds. The van der Waals surface area contributed by atoms with E-state index in [0.29, 0.717) is 18.8 Å². The first-order valence-corrected chi connectivity index (χ1v) is 6.09.